The van der Waals surface area contributed by atoms with Gasteiger partial charge < -0.3 is 14.4 Å². The van der Waals surface area contributed by atoms with E-state index in [-0.39, 0.29) is 6.61 Å². The molecule has 0 fully saturated rings. The Morgan fingerprint density at radius 1 is 1.47 bits per heavy atom. The molecule has 1 aromatic carbocycles. The van der Waals surface area contributed by atoms with Gasteiger partial charge in [0.25, 0.3) is 0 Å². The van der Waals surface area contributed by atoms with Crippen molar-refractivity contribution in [2.75, 3.05) is 0 Å². The molecule has 0 aliphatic rings. The molecule has 0 saturated carbocycles. The molecule has 5 heteroatoms. The Kier molecular flexibility index (Phi) is 3.81. The highest BCUT2D eigenvalue weighted by Gasteiger charge is 2.10. The predicted octanol–water partition coefficient (Wildman–Crippen LogP) is 3.07. The number of aliphatic hydroxyl groups is 1. The zero-order valence-corrected chi connectivity index (χ0v) is 10.8. The van der Waals surface area contributed by atoms with Gasteiger partial charge in [-0.2, -0.15) is 0 Å². The maximum Gasteiger partial charge on any atom is 0.174 e. The molecule has 1 aromatic heterocycles. The Morgan fingerprint density at radius 3 is 2.94 bits per heavy atom. The number of ether oxygens (including phenoxy) is 1. The Balaban J connectivity index is 2.16. The van der Waals surface area contributed by atoms with E-state index in [1.807, 2.05) is 18.2 Å². The number of aromatic nitrogens is 1. The maximum atomic E-state index is 9.62. The second kappa shape index (κ2) is 5.33. The smallest absolute Gasteiger partial charge is 0.174 e. The average Bonchev–Trinajstić information content (AvgIpc) is 2.78. The summed E-state index contributed by atoms with van der Waals surface area (Å²) in [7, 11) is 0. The number of halogens is 1. The maximum absolute atomic E-state index is 9.62. The van der Waals surface area contributed by atoms with Crippen molar-refractivity contribution in [3.05, 3.63) is 46.3 Å². The Hall–Kier alpha value is -1.33. The molecule has 1 unspecified atom stereocenters. The number of nitrogens with zero attached hydrogens (tertiary/aromatic N) is 1. The molecule has 0 amide bonds. The summed E-state index contributed by atoms with van der Waals surface area (Å²) in [6.45, 7) is 1.99. The van der Waals surface area contributed by atoms with Gasteiger partial charge in [0.1, 0.15) is 12.4 Å². The first-order valence-electron chi connectivity index (χ1n) is 5.16. The van der Waals surface area contributed by atoms with E-state index in [0.717, 1.165) is 10.0 Å². The van der Waals surface area contributed by atoms with Crippen molar-refractivity contribution in [1.82, 2.24) is 5.16 Å². The standard InChI is InChI=1S/C12H12BrNO3/c1-8(15)11-3-2-9(13)6-12(11)16-7-10-4-5-14-17-10/h2-6,8,15H,7H2,1H3. The molecule has 1 atom stereocenters. The number of benzene rings is 1. The Bertz CT molecular complexity index is 483. The molecule has 2 rings (SSSR count). The quantitative estimate of drug-likeness (QED) is 0.942. The lowest BCUT2D eigenvalue weighted by atomic mass is 10.1. The first-order chi connectivity index (χ1) is 8.16. The van der Waals surface area contributed by atoms with Crippen LogP contribution in [0.3, 0.4) is 0 Å². The molecule has 0 aliphatic heterocycles. The molecule has 17 heavy (non-hydrogen) atoms. The minimum atomic E-state index is -0.576. The van der Waals surface area contributed by atoms with Crippen LogP contribution in [-0.4, -0.2) is 10.3 Å². The van der Waals surface area contributed by atoms with E-state index in [1.165, 1.54) is 0 Å². The molecule has 0 radical (unpaired) electrons. The number of aliphatic hydroxyl groups excluding tert-OH is 1. The van der Waals surface area contributed by atoms with E-state index in [1.54, 1.807) is 19.2 Å². The molecule has 2 aromatic rings. The number of hydrogen-bond acceptors (Lipinski definition) is 4. The third-order valence-corrected chi connectivity index (χ3v) is 2.78. The van der Waals surface area contributed by atoms with Crippen LogP contribution in [0.4, 0.5) is 0 Å². The molecule has 4 nitrogen and oxygen atoms in total. The average molecular weight is 298 g/mol. The fourth-order valence-corrected chi connectivity index (χ4v) is 1.78. The van der Waals surface area contributed by atoms with Crippen LogP contribution in [0, 0.1) is 0 Å². The van der Waals surface area contributed by atoms with Crippen LogP contribution in [0.5, 0.6) is 5.75 Å². The van der Waals surface area contributed by atoms with Crippen LogP contribution in [0.25, 0.3) is 0 Å². The van der Waals surface area contributed by atoms with Gasteiger partial charge in [-0.15, -0.1) is 0 Å². The third-order valence-electron chi connectivity index (χ3n) is 2.29. The summed E-state index contributed by atoms with van der Waals surface area (Å²) in [6, 6.07) is 7.24. The minimum Gasteiger partial charge on any atom is -0.485 e. The lowest BCUT2D eigenvalue weighted by Crippen LogP contribution is -2.00. The van der Waals surface area contributed by atoms with Crippen molar-refractivity contribution < 1.29 is 14.4 Å². The molecule has 1 heterocycles. The Labute approximate surface area is 107 Å². The molecular weight excluding hydrogens is 286 g/mol. The second-order valence-corrected chi connectivity index (χ2v) is 4.54. The van der Waals surface area contributed by atoms with Gasteiger partial charge >= 0.3 is 0 Å². The minimum absolute atomic E-state index is 0.288. The summed E-state index contributed by atoms with van der Waals surface area (Å²) < 4.78 is 11.4. The van der Waals surface area contributed by atoms with Crippen LogP contribution >= 0.6 is 15.9 Å². The summed E-state index contributed by atoms with van der Waals surface area (Å²) in [4.78, 5) is 0. The Morgan fingerprint density at radius 2 is 2.29 bits per heavy atom. The molecule has 0 saturated heterocycles. The largest absolute Gasteiger partial charge is 0.485 e. The van der Waals surface area contributed by atoms with Crippen LogP contribution in [0.15, 0.2) is 39.5 Å². The van der Waals surface area contributed by atoms with Crippen molar-refractivity contribution in [3.8, 4) is 5.75 Å². The highest BCUT2D eigenvalue weighted by atomic mass is 79.9. The summed E-state index contributed by atoms with van der Waals surface area (Å²) in [5.41, 5.74) is 0.743. The summed E-state index contributed by atoms with van der Waals surface area (Å²) >= 11 is 3.37. The van der Waals surface area contributed by atoms with Gasteiger partial charge in [0, 0.05) is 16.1 Å². The zero-order chi connectivity index (χ0) is 12.3. The number of rotatable bonds is 4. The van der Waals surface area contributed by atoms with Crippen LogP contribution in [0.2, 0.25) is 0 Å². The summed E-state index contributed by atoms with van der Waals surface area (Å²) in [6.07, 6.45) is 0.989. The molecular formula is C12H12BrNO3. The molecule has 0 spiro atoms. The van der Waals surface area contributed by atoms with E-state index in [9.17, 15) is 5.11 Å². The van der Waals surface area contributed by atoms with Gasteiger partial charge in [0.15, 0.2) is 5.76 Å². The van der Waals surface area contributed by atoms with Crippen LogP contribution in [0.1, 0.15) is 24.4 Å². The summed E-state index contributed by atoms with van der Waals surface area (Å²) in [5, 5.41) is 13.2. The lowest BCUT2D eigenvalue weighted by molar-refractivity contribution is 0.186. The highest BCUT2D eigenvalue weighted by Crippen LogP contribution is 2.29. The fraction of sp³-hybridized carbons (Fsp3) is 0.250. The summed E-state index contributed by atoms with van der Waals surface area (Å²) in [5.74, 6) is 1.27. The van der Waals surface area contributed by atoms with Crippen molar-refractivity contribution in [2.24, 2.45) is 0 Å². The third kappa shape index (κ3) is 3.08. The van der Waals surface area contributed by atoms with Gasteiger partial charge in [-0.3, -0.25) is 0 Å². The van der Waals surface area contributed by atoms with E-state index in [2.05, 4.69) is 21.1 Å². The van der Waals surface area contributed by atoms with E-state index in [0.29, 0.717) is 11.5 Å². The first-order valence-corrected chi connectivity index (χ1v) is 5.96. The fourth-order valence-electron chi connectivity index (χ4n) is 1.44. The molecule has 0 bridgehead atoms. The van der Waals surface area contributed by atoms with E-state index >= 15 is 0 Å². The van der Waals surface area contributed by atoms with E-state index in [4.69, 9.17) is 9.26 Å². The number of hydrogen-bond donors (Lipinski definition) is 1. The van der Waals surface area contributed by atoms with Crippen molar-refractivity contribution in [2.45, 2.75) is 19.6 Å². The topological polar surface area (TPSA) is 55.5 Å². The van der Waals surface area contributed by atoms with Crippen molar-refractivity contribution >= 4 is 15.9 Å². The van der Waals surface area contributed by atoms with Gasteiger partial charge in [0.2, 0.25) is 0 Å². The monoisotopic (exact) mass is 297 g/mol. The molecule has 0 aliphatic carbocycles. The zero-order valence-electron chi connectivity index (χ0n) is 9.26. The lowest BCUT2D eigenvalue weighted by Gasteiger charge is -2.12. The SMILES string of the molecule is CC(O)c1ccc(Br)cc1OCc1ccno1. The molecule has 1 N–H and O–H groups in total. The highest BCUT2D eigenvalue weighted by molar-refractivity contribution is 9.10. The second-order valence-electron chi connectivity index (χ2n) is 3.63. The van der Waals surface area contributed by atoms with Gasteiger partial charge in [-0.1, -0.05) is 27.2 Å². The van der Waals surface area contributed by atoms with Crippen LogP contribution < -0.4 is 4.74 Å². The van der Waals surface area contributed by atoms with Crippen LogP contribution in [-0.2, 0) is 6.61 Å². The van der Waals surface area contributed by atoms with Crippen molar-refractivity contribution in [3.63, 3.8) is 0 Å². The van der Waals surface area contributed by atoms with Gasteiger partial charge in [-0.25, -0.2) is 0 Å². The van der Waals surface area contributed by atoms with Gasteiger partial charge in [0.05, 0.1) is 12.3 Å². The van der Waals surface area contributed by atoms with Gasteiger partial charge in [-0.05, 0) is 19.1 Å². The van der Waals surface area contributed by atoms with E-state index < -0.39 is 6.10 Å². The molecule has 90 valence electrons. The normalized spacial score (nSPS) is 12.4. The predicted molar refractivity (Wildman–Crippen MR) is 65.6 cm³/mol. The first kappa shape index (κ1) is 12.1. The van der Waals surface area contributed by atoms with Crippen molar-refractivity contribution in [1.29, 1.82) is 0 Å².